The highest BCUT2D eigenvalue weighted by molar-refractivity contribution is 5.77. The van der Waals surface area contributed by atoms with E-state index in [1.807, 2.05) is 34.7 Å². The maximum atomic E-state index is 12.7. The SMILES string of the molecule is CC(=O)NCc1ccc([C@@H]2CCCN2C(=O)CCn2nccc2C)nc1. The molecule has 1 aliphatic rings. The number of rotatable bonds is 6. The van der Waals surface area contributed by atoms with Crippen molar-refractivity contribution < 1.29 is 9.59 Å². The van der Waals surface area contributed by atoms with Gasteiger partial charge in [0.05, 0.1) is 11.7 Å². The van der Waals surface area contributed by atoms with Gasteiger partial charge in [-0.25, -0.2) is 0 Å². The Kier molecular flexibility index (Phi) is 5.65. The zero-order valence-electron chi connectivity index (χ0n) is 15.3. The van der Waals surface area contributed by atoms with Crippen molar-refractivity contribution in [3.05, 3.63) is 47.5 Å². The van der Waals surface area contributed by atoms with Crippen molar-refractivity contribution >= 4 is 11.8 Å². The minimum Gasteiger partial charge on any atom is -0.352 e. The number of pyridine rings is 1. The lowest BCUT2D eigenvalue weighted by Gasteiger charge is -2.24. The van der Waals surface area contributed by atoms with Crippen LogP contribution in [-0.4, -0.2) is 38.0 Å². The quantitative estimate of drug-likeness (QED) is 0.859. The number of carbonyl (C=O) groups excluding carboxylic acids is 2. The van der Waals surface area contributed by atoms with E-state index in [9.17, 15) is 9.59 Å². The summed E-state index contributed by atoms with van der Waals surface area (Å²) in [6, 6.07) is 5.91. The van der Waals surface area contributed by atoms with Gasteiger partial charge < -0.3 is 10.2 Å². The zero-order valence-corrected chi connectivity index (χ0v) is 15.3. The summed E-state index contributed by atoms with van der Waals surface area (Å²) in [6.07, 6.45) is 5.90. The summed E-state index contributed by atoms with van der Waals surface area (Å²) in [4.78, 5) is 30.2. The van der Waals surface area contributed by atoms with Crippen LogP contribution in [0.15, 0.2) is 30.6 Å². The molecule has 26 heavy (non-hydrogen) atoms. The number of likely N-dealkylation sites (tertiary alicyclic amines) is 1. The number of nitrogens with one attached hydrogen (secondary N) is 1. The molecule has 1 fully saturated rings. The Balaban J connectivity index is 1.61. The van der Waals surface area contributed by atoms with Gasteiger partial charge in [-0.05, 0) is 37.5 Å². The molecule has 2 amide bonds. The van der Waals surface area contributed by atoms with Gasteiger partial charge in [-0.15, -0.1) is 0 Å². The van der Waals surface area contributed by atoms with E-state index in [0.717, 1.165) is 36.3 Å². The highest BCUT2D eigenvalue weighted by Crippen LogP contribution is 2.31. The normalized spacial score (nSPS) is 16.7. The third kappa shape index (κ3) is 4.28. The van der Waals surface area contributed by atoms with Crippen LogP contribution in [0.25, 0.3) is 0 Å². The van der Waals surface area contributed by atoms with E-state index < -0.39 is 0 Å². The number of amides is 2. The molecule has 1 N–H and O–H groups in total. The van der Waals surface area contributed by atoms with Crippen LogP contribution in [0, 0.1) is 6.92 Å². The van der Waals surface area contributed by atoms with Gasteiger partial charge in [0.1, 0.15) is 0 Å². The lowest BCUT2D eigenvalue weighted by atomic mass is 10.1. The van der Waals surface area contributed by atoms with Crippen LogP contribution in [0.3, 0.4) is 0 Å². The topological polar surface area (TPSA) is 80.1 Å². The van der Waals surface area contributed by atoms with E-state index in [1.165, 1.54) is 6.92 Å². The molecule has 0 spiro atoms. The number of aryl methyl sites for hydroxylation is 2. The van der Waals surface area contributed by atoms with E-state index >= 15 is 0 Å². The van der Waals surface area contributed by atoms with Crippen LogP contribution in [0.5, 0.6) is 0 Å². The largest absolute Gasteiger partial charge is 0.352 e. The third-order valence-corrected chi connectivity index (χ3v) is 4.77. The molecule has 138 valence electrons. The Bertz CT molecular complexity index is 768. The van der Waals surface area contributed by atoms with Crippen molar-refractivity contribution in [3.63, 3.8) is 0 Å². The van der Waals surface area contributed by atoms with Gasteiger partial charge in [0.2, 0.25) is 11.8 Å². The molecule has 1 saturated heterocycles. The first-order chi connectivity index (χ1) is 12.5. The second-order valence-corrected chi connectivity index (χ2v) is 6.69. The van der Waals surface area contributed by atoms with E-state index in [0.29, 0.717) is 19.5 Å². The standard InChI is InChI=1S/C19H25N5O2/c1-14-7-9-22-24(14)11-8-19(26)23-10-3-4-18(23)17-6-5-16(13-21-17)12-20-15(2)25/h5-7,9,13,18H,3-4,8,10-12H2,1-2H3,(H,20,25)/t18-/m0/s1. The summed E-state index contributed by atoms with van der Waals surface area (Å²) in [5, 5.41) is 7.00. The molecule has 1 atom stereocenters. The first-order valence-corrected chi connectivity index (χ1v) is 9.02. The Labute approximate surface area is 153 Å². The molecule has 3 rings (SSSR count). The van der Waals surface area contributed by atoms with Gasteiger partial charge in [-0.1, -0.05) is 6.07 Å². The highest BCUT2D eigenvalue weighted by Gasteiger charge is 2.30. The molecule has 1 aliphatic heterocycles. The van der Waals surface area contributed by atoms with Gasteiger partial charge >= 0.3 is 0 Å². The number of aromatic nitrogens is 3. The van der Waals surface area contributed by atoms with Crippen LogP contribution < -0.4 is 5.32 Å². The molecule has 7 heteroatoms. The predicted molar refractivity (Wildman–Crippen MR) is 97.0 cm³/mol. The molecule has 0 unspecified atom stereocenters. The van der Waals surface area contributed by atoms with Crippen molar-refractivity contribution in [1.29, 1.82) is 0 Å². The number of hydrogen-bond donors (Lipinski definition) is 1. The van der Waals surface area contributed by atoms with Crippen LogP contribution in [0.4, 0.5) is 0 Å². The van der Waals surface area contributed by atoms with Crippen molar-refractivity contribution in [2.75, 3.05) is 6.54 Å². The smallest absolute Gasteiger partial charge is 0.224 e. The summed E-state index contributed by atoms with van der Waals surface area (Å²) >= 11 is 0. The fourth-order valence-electron chi connectivity index (χ4n) is 3.31. The Morgan fingerprint density at radius 2 is 2.15 bits per heavy atom. The molecule has 0 aliphatic carbocycles. The molecule has 3 heterocycles. The zero-order chi connectivity index (χ0) is 18.5. The van der Waals surface area contributed by atoms with Crippen LogP contribution >= 0.6 is 0 Å². The predicted octanol–water partition coefficient (Wildman–Crippen LogP) is 1.98. The minimum atomic E-state index is -0.0611. The van der Waals surface area contributed by atoms with Gasteiger partial charge in [0, 0.05) is 51.1 Å². The average molecular weight is 355 g/mol. The third-order valence-electron chi connectivity index (χ3n) is 4.77. The van der Waals surface area contributed by atoms with E-state index in [2.05, 4.69) is 15.4 Å². The second-order valence-electron chi connectivity index (χ2n) is 6.69. The Morgan fingerprint density at radius 1 is 1.31 bits per heavy atom. The van der Waals surface area contributed by atoms with Crippen LogP contribution in [0.1, 0.15) is 49.2 Å². The van der Waals surface area contributed by atoms with Gasteiger partial charge in [-0.3, -0.25) is 19.3 Å². The van der Waals surface area contributed by atoms with Crippen molar-refractivity contribution in [3.8, 4) is 0 Å². The van der Waals surface area contributed by atoms with Crippen molar-refractivity contribution in [1.82, 2.24) is 25.0 Å². The van der Waals surface area contributed by atoms with Gasteiger partial charge in [-0.2, -0.15) is 5.10 Å². The molecule has 0 aromatic carbocycles. The molecular formula is C19H25N5O2. The van der Waals surface area contributed by atoms with Gasteiger partial charge in [0.15, 0.2) is 0 Å². The number of carbonyl (C=O) groups is 2. The lowest BCUT2D eigenvalue weighted by molar-refractivity contribution is -0.132. The van der Waals surface area contributed by atoms with E-state index in [4.69, 9.17) is 0 Å². The van der Waals surface area contributed by atoms with Crippen molar-refractivity contribution in [2.24, 2.45) is 0 Å². The van der Waals surface area contributed by atoms with E-state index in [1.54, 1.807) is 12.4 Å². The van der Waals surface area contributed by atoms with E-state index in [-0.39, 0.29) is 17.9 Å². The monoisotopic (exact) mass is 355 g/mol. The molecule has 0 radical (unpaired) electrons. The summed E-state index contributed by atoms with van der Waals surface area (Å²) in [5.74, 6) is 0.0839. The molecule has 2 aromatic rings. The Morgan fingerprint density at radius 3 is 2.81 bits per heavy atom. The molecule has 0 saturated carbocycles. The summed E-state index contributed by atoms with van der Waals surface area (Å²) in [6.45, 7) is 5.33. The molecule has 0 bridgehead atoms. The first kappa shape index (κ1) is 18.1. The van der Waals surface area contributed by atoms with Gasteiger partial charge in [0.25, 0.3) is 0 Å². The molecule has 7 nitrogen and oxygen atoms in total. The Hall–Kier alpha value is -2.70. The number of nitrogens with zero attached hydrogens (tertiary/aromatic N) is 4. The minimum absolute atomic E-state index is 0.0380. The summed E-state index contributed by atoms with van der Waals surface area (Å²) in [7, 11) is 0. The fraction of sp³-hybridized carbons (Fsp3) is 0.474. The average Bonchev–Trinajstić information content (AvgIpc) is 3.27. The maximum Gasteiger partial charge on any atom is 0.224 e. The maximum absolute atomic E-state index is 12.7. The van der Waals surface area contributed by atoms with Crippen molar-refractivity contribution in [2.45, 2.75) is 52.2 Å². The number of hydrogen-bond acceptors (Lipinski definition) is 4. The molecule has 2 aromatic heterocycles. The van der Waals surface area contributed by atoms with Crippen LogP contribution in [-0.2, 0) is 22.7 Å². The first-order valence-electron chi connectivity index (χ1n) is 9.02. The second kappa shape index (κ2) is 8.12. The summed E-state index contributed by atoms with van der Waals surface area (Å²) < 4.78 is 1.86. The lowest BCUT2D eigenvalue weighted by Crippen LogP contribution is -2.31. The molecular weight excluding hydrogens is 330 g/mol. The summed E-state index contributed by atoms with van der Waals surface area (Å²) in [5.41, 5.74) is 2.93. The van der Waals surface area contributed by atoms with Crippen LogP contribution in [0.2, 0.25) is 0 Å². The highest BCUT2D eigenvalue weighted by atomic mass is 16.2. The fourth-order valence-corrected chi connectivity index (χ4v) is 3.31.